The number of hydrogen-bond donors (Lipinski definition) is 0. The third-order valence-electron chi connectivity index (χ3n) is 5.67. The van der Waals surface area contributed by atoms with Crippen LogP contribution < -0.4 is 4.90 Å². The van der Waals surface area contributed by atoms with E-state index in [9.17, 15) is 9.18 Å². The lowest BCUT2D eigenvalue weighted by atomic mass is 9.77. The van der Waals surface area contributed by atoms with Crippen molar-refractivity contribution < 1.29 is 9.18 Å². The summed E-state index contributed by atoms with van der Waals surface area (Å²) in [4.78, 5) is 17.1. The van der Waals surface area contributed by atoms with Gasteiger partial charge < -0.3 is 9.80 Å². The summed E-state index contributed by atoms with van der Waals surface area (Å²) in [7, 11) is 0. The lowest BCUT2D eigenvalue weighted by Gasteiger charge is -2.39. The molecule has 4 rings (SSSR count). The van der Waals surface area contributed by atoms with E-state index in [4.69, 9.17) is 0 Å². The molecule has 0 bridgehead atoms. The largest absolute Gasteiger partial charge is 0.371 e. The molecule has 1 saturated carbocycles. The smallest absolute Gasteiger partial charge is 0.229 e. The Morgan fingerprint density at radius 1 is 1.14 bits per heavy atom. The minimum atomic E-state index is -0.190. The molecule has 0 radical (unpaired) electrons. The molecule has 118 valence electrons. The van der Waals surface area contributed by atoms with E-state index in [2.05, 4.69) is 9.80 Å². The van der Waals surface area contributed by atoms with Crippen molar-refractivity contribution in [3.63, 3.8) is 0 Å². The Morgan fingerprint density at radius 2 is 1.86 bits per heavy atom. The number of amides is 1. The summed E-state index contributed by atoms with van der Waals surface area (Å²) >= 11 is 0. The van der Waals surface area contributed by atoms with E-state index in [1.165, 1.54) is 18.9 Å². The third-order valence-corrected chi connectivity index (χ3v) is 5.67. The van der Waals surface area contributed by atoms with E-state index in [1.54, 1.807) is 12.1 Å². The first-order valence-corrected chi connectivity index (χ1v) is 8.46. The number of halogens is 1. The van der Waals surface area contributed by atoms with Crippen LogP contribution in [0.25, 0.3) is 0 Å². The van der Waals surface area contributed by atoms with Crippen LogP contribution in [-0.4, -0.2) is 37.0 Å². The van der Waals surface area contributed by atoms with Gasteiger partial charge in [0.2, 0.25) is 5.91 Å². The van der Waals surface area contributed by atoms with Crippen molar-refractivity contribution >= 4 is 11.6 Å². The fraction of sp³-hybridized carbons (Fsp3) is 0.611. The van der Waals surface area contributed by atoms with Gasteiger partial charge in [-0.05, 0) is 56.2 Å². The number of carbonyl (C=O) groups is 1. The van der Waals surface area contributed by atoms with Gasteiger partial charge in [0.15, 0.2) is 0 Å². The first kappa shape index (κ1) is 14.0. The molecule has 0 N–H and O–H groups in total. The van der Waals surface area contributed by atoms with Crippen LogP contribution >= 0.6 is 0 Å². The summed E-state index contributed by atoms with van der Waals surface area (Å²) < 4.78 is 13.4. The molecule has 22 heavy (non-hydrogen) atoms. The van der Waals surface area contributed by atoms with Crippen molar-refractivity contribution in [3.8, 4) is 0 Å². The molecule has 2 saturated heterocycles. The van der Waals surface area contributed by atoms with E-state index >= 15 is 0 Å². The Kier molecular flexibility index (Phi) is 3.35. The number of rotatable bonds is 3. The molecule has 3 fully saturated rings. The Bertz CT molecular complexity index is 576. The van der Waals surface area contributed by atoms with Crippen LogP contribution in [0, 0.1) is 17.2 Å². The normalized spacial score (nSPS) is 24.3. The molecule has 1 spiro atoms. The van der Waals surface area contributed by atoms with Crippen molar-refractivity contribution in [1.82, 2.24) is 4.90 Å². The number of hydrogen-bond acceptors (Lipinski definition) is 2. The number of anilines is 1. The van der Waals surface area contributed by atoms with Crippen LogP contribution in [-0.2, 0) is 4.79 Å². The number of carbonyl (C=O) groups excluding carboxylic acids is 1. The van der Waals surface area contributed by atoms with E-state index in [1.807, 2.05) is 6.07 Å². The molecule has 3 aliphatic rings. The van der Waals surface area contributed by atoms with E-state index < -0.39 is 0 Å². The average Bonchev–Trinajstić information content (AvgIpc) is 3.30. The minimum absolute atomic E-state index is 0.126. The molecule has 0 aromatic heterocycles. The maximum atomic E-state index is 13.4. The standard InChI is InChI=1S/C18H23FN2O/c19-15-2-1-3-16(12-15)20-9-6-18(7-10-20)8-11-21(17(18)22)13-14-4-5-14/h1-3,12,14H,4-11,13H2. The van der Waals surface area contributed by atoms with Crippen LogP contribution in [0.2, 0.25) is 0 Å². The second kappa shape index (κ2) is 5.25. The number of likely N-dealkylation sites (tertiary alicyclic amines) is 1. The summed E-state index contributed by atoms with van der Waals surface area (Å²) in [5.41, 5.74) is 0.814. The minimum Gasteiger partial charge on any atom is -0.371 e. The number of nitrogens with zero attached hydrogens (tertiary/aromatic N) is 2. The maximum absolute atomic E-state index is 13.4. The summed E-state index contributed by atoms with van der Waals surface area (Å²) in [5, 5.41) is 0. The first-order valence-electron chi connectivity index (χ1n) is 8.46. The van der Waals surface area contributed by atoms with Crippen molar-refractivity contribution in [3.05, 3.63) is 30.1 Å². The molecular formula is C18H23FN2O. The second-order valence-corrected chi connectivity index (χ2v) is 7.19. The SMILES string of the molecule is O=C1N(CC2CC2)CCC12CCN(c1cccc(F)c1)CC2. The lowest BCUT2D eigenvalue weighted by Crippen LogP contribution is -2.45. The molecule has 0 atom stereocenters. The highest BCUT2D eigenvalue weighted by molar-refractivity contribution is 5.85. The Balaban J connectivity index is 1.42. The van der Waals surface area contributed by atoms with Crippen LogP contribution in [0.3, 0.4) is 0 Å². The Morgan fingerprint density at radius 3 is 2.55 bits per heavy atom. The average molecular weight is 302 g/mol. The molecule has 3 nitrogen and oxygen atoms in total. The molecule has 2 heterocycles. The van der Waals surface area contributed by atoms with Gasteiger partial charge in [0.05, 0.1) is 5.41 Å². The van der Waals surface area contributed by atoms with Gasteiger partial charge in [-0.1, -0.05) is 6.07 Å². The van der Waals surface area contributed by atoms with Crippen LogP contribution in [0.4, 0.5) is 10.1 Å². The van der Waals surface area contributed by atoms with Gasteiger partial charge in [-0.2, -0.15) is 0 Å². The first-order chi connectivity index (χ1) is 10.7. The Labute approximate surface area is 131 Å². The predicted octanol–water partition coefficient (Wildman–Crippen LogP) is 3.05. The molecule has 1 amide bonds. The van der Waals surface area contributed by atoms with Gasteiger partial charge in [0.1, 0.15) is 5.82 Å². The Hall–Kier alpha value is -1.58. The maximum Gasteiger partial charge on any atom is 0.229 e. The monoisotopic (exact) mass is 302 g/mol. The summed E-state index contributed by atoms with van der Waals surface area (Å²) in [5.74, 6) is 0.968. The summed E-state index contributed by atoms with van der Waals surface area (Å²) in [6, 6.07) is 6.78. The van der Waals surface area contributed by atoms with Crippen molar-refractivity contribution in [2.75, 3.05) is 31.1 Å². The fourth-order valence-corrected chi connectivity index (χ4v) is 4.01. The zero-order chi connectivity index (χ0) is 15.2. The fourth-order valence-electron chi connectivity index (χ4n) is 4.01. The highest BCUT2D eigenvalue weighted by atomic mass is 19.1. The lowest BCUT2D eigenvalue weighted by molar-refractivity contribution is -0.137. The zero-order valence-corrected chi connectivity index (χ0v) is 12.9. The molecule has 4 heteroatoms. The van der Waals surface area contributed by atoms with Gasteiger partial charge in [-0.25, -0.2) is 4.39 Å². The zero-order valence-electron chi connectivity index (χ0n) is 12.9. The van der Waals surface area contributed by atoms with Crippen molar-refractivity contribution in [2.24, 2.45) is 11.3 Å². The topological polar surface area (TPSA) is 23.6 Å². The molecule has 2 aliphatic heterocycles. The van der Waals surface area contributed by atoms with E-state index in [0.717, 1.165) is 57.0 Å². The summed E-state index contributed by atoms with van der Waals surface area (Å²) in [6.45, 7) is 3.63. The van der Waals surface area contributed by atoms with Crippen LogP contribution in [0.15, 0.2) is 24.3 Å². The molecule has 0 unspecified atom stereocenters. The molecule has 1 aliphatic carbocycles. The third kappa shape index (κ3) is 2.49. The highest BCUT2D eigenvalue weighted by Gasteiger charge is 2.48. The van der Waals surface area contributed by atoms with Gasteiger partial charge in [-0.3, -0.25) is 4.79 Å². The molecule has 1 aromatic carbocycles. The van der Waals surface area contributed by atoms with Gasteiger partial charge in [0.25, 0.3) is 0 Å². The summed E-state index contributed by atoms with van der Waals surface area (Å²) in [6.07, 6.45) is 5.41. The quantitative estimate of drug-likeness (QED) is 0.857. The van der Waals surface area contributed by atoms with Gasteiger partial charge >= 0.3 is 0 Å². The van der Waals surface area contributed by atoms with Gasteiger partial charge in [-0.15, -0.1) is 0 Å². The predicted molar refractivity (Wildman–Crippen MR) is 84.2 cm³/mol. The van der Waals surface area contributed by atoms with Crippen LogP contribution in [0.5, 0.6) is 0 Å². The van der Waals surface area contributed by atoms with Crippen molar-refractivity contribution in [2.45, 2.75) is 32.1 Å². The number of piperidine rings is 1. The molecule has 1 aromatic rings. The highest BCUT2D eigenvalue weighted by Crippen LogP contribution is 2.43. The van der Waals surface area contributed by atoms with E-state index in [-0.39, 0.29) is 11.2 Å². The van der Waals surface area contributed by atoms with E-state index in [0.29, 0.717) is 5.91 Å². The number of benzene rings is 1. The van der Waals surface area contributed by atoms with Gasteiger partial charge in [0, 0.05) is 31.9 Å². The molecular weight excluding hydrogens is 279 g/mol. The van der Waals surface area contributed by atoms with Crippen LogP contribution in [0.1, 0.15) is 32.1 Å². The van der Waals surface area contributed by atoms with Crippen molar-refractivity contribution in [1.29, 1.82) is 0 Å². The second-order valence-electron chi connectivity index (χ2n) is 7.19.